The Labute approximate surface area is 162 Å². The number of unbranched alkanes of at least 4 members (excludes halogenated alkanes) is 1. The van der Waals surface area contributed by atoms with Crippen LogP contribution in [0.15, 0.2) is 33.2 Å². The summed E-state index contributed by atoms with van der Waals surface area (Å²) in [7, 11) is 0. The Balaban J connectivity index is 2.48. The van der Waals surface area contributed by atoms with Crippen LogP contribution in [0.4, 0.5) is 11.5 Å². The molecule has 0 aliphatic carbocycles. The summed E-state index contributed by atoms with van der Waals surface area (Å²) < 4.78 is 1.32. The van der Waals surface area contributed by atoms with E-state index in [4.69, 9.17) is 5.73 Å². The van der Waals surface area contributed by atoms with Gasteiger partial charge >= 0.3 is 5.69 Å². The van der Waals surface area contributed by atoms with E-state index in [1.165, 1.54) is 26.9 Å². The van der Waals surface area contributed by atoms with Crippen molar-refractivity contribution in [2.75, 3.05) is 17.2 Å². The molecule has 2 heterocycles. The molecule has 0 aromatic carbocycles. The molecule has 0 fully saturated rings. The van der Waals surface area contributed by atoms with E-state index in [9.17, 15) is 14.4 Å². The predicted octanol–water partition coefficient (Wildman–Crippen LogP) is 2.68. The zero-order valence-electron chi connectivity index (χ0n) is 15.9. The molecule has 3 N–H and O–H groups in total. The molecule has 7 nitrogen and oxygen atoms in total. The second-order valence-corrected chi connectivity index (χ2v) is 7.67. The third-order valence-corrected chi connectivity index (χ3v) is 4.80. The first kappa shape index (κ1) is 20.7. The van der Waals surface area contributed by atoms with Gasteiger partial charge in [0.05, 0.1) is 0 Å². The van der Waals surface area contributed by atoms with Crippen LogP contribution in [-0.4, -0.2) is 22.0 Å². The second-order valence-electron chi connectivity index (χ2n) is 6.69. The van der Waals surface area contributed by atoms with Crippen molar-refractivity contribution in [3.63, 3.8) is 0 Å². The molecule has 0 saturated carbocycles. The Morgan fingerprint density at radius 3 is 2.74 bits per heavy atom. The van der Waals surface area contributed by atoms with Gasteiger partial charge < -0.3 is 10.6 Å². The van der Waals surface area contributed by atoms with Crippen molar-refractivity contribution < 1.29 is 4.79 Å². The fraction of sp³-hybridized carbons (Fsp3) is 0.421. The summed E-state index contributed by atoms with van der Waals surface area (Å²) in [4.78, 5) is 42.0. The van der Waals surface area contributed by atoms with Crippen molar-refractivity contribution in [3.05, 3.63) is 49.3 Å². The van der Waals surface area contributed by atoms with Crippen molar-refractivity contribution in [2.24, 2.45) is 5.92 Å². The lowest BCUT2D eigenvalue weighted by atomic mass is 10.2. The van der Waals surface area contributed by atoms with Crippen LogP contribution in [0, 0.1) is 5.92 Å². The summed E-state index contributed by atoms with van der Waals surface area (Å²) in [5, 5.41) is 1.92. The highest BCUT2D eigenvalue weighted by Crippen LogP contribution is 2.20. The van der Waals surface area contributed by atoms with E-state index in [1.807, 2.05) is 38.3 Å². The van der Waals surface area contributed by atoms with Gasteiger partial charge in [-0.15, -0.1) is 11.3 Å². The van der Waals surface area contributed by atoms with Crippen LogP contribution in [0.2, 0.25) is 0 Å². The molecule has 0 aliphatic heterocycles. The number of hydrogen-bond acceptors (Lipinski definition) is 5. The van der Waals surface area contributed by atoms with E-state index in [1.54, 1.807) is 6.08 Å². The number of aromatic nitrogens is 2. The van der Waals surface area contributed by atoms with Crippen molar-refractivity contribution >= 4 is 34.8 Å². The molecule has 0 unspecified atom stereocenters. The third kappa shape index (κ3) is 5.19. The lowest BCUT2D eigenvalue weighted by Gasteiger charge is -2.25. The van der Waals surface area contributed by atoms with E-state index in [0.717, 1.165) is 17.7 Å². The van der Waals surface area contributed by atoms with Gasteiger partial charge in [0.1, 0.15) is 5.82 Å². The van der Waals surface area contributed by atoms with Crippen LogP contribution >= 0.6 is 11.3 Å². The van der Waals surface area contributed by atoms with Gasteiger partial charge in [-0.1, -0.05) is 33.3 Å². The van der Waals surface area contributed by atoms with Gasteiger partial charge in [-0.2, -0.15) is 0 Å². The average Bonchev–Trinajstić information content (AvgIpc) is 3.11. The molecule has 0 spiro atoms. The quantitative estimate of drug-likeness (QED) is 0.677. The number of rotatable bonds is 8. The molecule has 0 atom stereocenters. The van der Waals surface area contributed by atoms with Crippen molar-refractivity contribution in [1.82, 2.24) is 9.55 Å². The molecule has 0 aliphatic rings. The van der Waals surface area contributed by atoms with E-state index < -0.39 is 11.2 Å². The van der Waals surface area contributed by atoms with Gasteiger partial charge in [-0.25, -0.2) is 4.79 Å². The Morgan fingerprint density at radius 2 is 2.15 bits per heavy atom. The number of hydrogen-bond donors (Lipinski definition) is 2. The molecular weight excluding hydrogens is 364 g/mol. The largest absolute Gasteiger partial charge is 0.383 e. The Bertz CT molecular complexity index is 910. The monoisotopic (exact) mass is 390 g/mol. The minimum atomic E-state index is -0.649. The van der Waals surface area contributed by atoms with E-state index in [0.29, 0.717) is 13.1 Å². The maximum atomic E-state index is 12.8. The van der Waals surface area contributed by atoms with Gasteiger partial charge in [0.15, 0.2) is 5.69 Å². The second kappa shape index (κ2) is 9.36. The number of carbonyl (C=O) groups is 1. The van der Waals surface area contributed by atoms with E-state index in [2.05, 4.69) is 4.98 Å². The normalized spacial score (nSPS) is 11.4. The number of nitrogens with one attached hydrogen (secondary N) is 1. The lowest BCUT2D eigenvalue weighted by molar-refractivity contribution is -0.114. The molecule has 0 radical (unpaired) electrons. The van der Waals surface area contributed by atoms with Gasteiger partial charge in [0, 0.05) is 24.0 Å². The maximum absolute atomic E-state index is 12.8. The topological polar surface area (TPSA) is 101 Å². The molecule has 2 aromatic heterocycles. The first-order valence-corrected chi connectivity index (χ1v) is 9.88. The van der Waals surface area contributed by atoms with Crippen LogP contribution in [0.3, 0.4) is 0 Å². The molecule has 146 valence electrons. The number of carbonyl (C=O) groups excluding carboxylic acids is 1. The summed E-state index contributed by atoms with van der Waals surface area (Å²) in [5.74, 6) is -0.218. The number of anilines is 2. The van der Waals surface area contributed by atoms with Crippen LogP contribution in [0.1, 0.15) is 38.5 Å². The first-order chi connectivity index (χ1) is 12.8. The van der Waals surface area contributed by atoms with Crippen LogP contribution in [0.5, 0.6) is 0 Å². The Morgan fingerprint density at radius 1 is 1.41 bits per heavy atom. The third-order valence-electron chi connectivity index (χ3n) is 3.97. The number of thiophene rings is 1. The Hall–Kier alpha value is -2.61. The molecule has 2 rings (SSSR count). The number of amides is 1. The summed E-state index contributed by atoms with van der Waals surface area (Å²) in [6, 6.07) is 3.79. The van der Waals surface area contributed by atoms with Crippen LogP contribution < -0.4 is 21.9 Å². The molecule has 1 amide bonds. The van der Waals surface area contributed by atoms with Gasteiger partial charge in [-0.3, -0.25) is 19.1 Å². The minimum absolute atomic E-state index is 0.0238. The summed E-state index contributed by atoms with van der Waals surface area (Å²) in [6.07, 6.45) is 4.75. The number of aromatic amines is 1. The van der Waals surface area contributed by atoms with Crippen molar-refractivity contribution in [2.45, 2.75) is 40.2 Å². The highest BCUT2D eigenvalue weighted by molar-refractivity contribution is 7.10. The Kier molecular flexibility index (Phi) is 7.18. The lowest BCUT2D eigenvalue weighted by Crippen LogP contribution is -2.42. The smallest absolute Gasteiger partial charge is 0.330 e. The predicted molar refractivity (Wildman–Crippen MR) is 111 cm³/mol. The van der Waals surface area contributed by atoms with E-state index in [-0.39, 0.29) is 23.3 Å². The zero-order chi connectivity index (χ0) is 20.0. The van der Waals surface area contributed by atoms with Crippen molar-refractivity contribution in [1.29, 1.82) is 0 Å². The van der Waals surface area contributed by atoms with Crippen LogP contribution in [-0.2, 0) is 11.3 Å². The van der Waals surface area contributed by atoms with Gasteiger partial charge in [-0.05, 0) is 29.9 Å². The van der Waals surface area contributed by atoms with Gasteiger partial charge in [0.2, 0.25) is 0 Å². The fourth-order valence-electron chi connectivity index (χ4n) is 2.66. The maximum Gasteiger partial charge on any atom is 0.330 e. The minimum Gasteiger partial charge on any atom is -0.383 e. The number of nitrogens with zero attached hydrogens (tertiary/aromatic N) is 2. The zero-order valence-corrected chi connectivity index (χ0v) is 16.7. The SMILES string of the molecule is CCCCn1c(N)c(N(CC(C)C)C(=O)/C=C/c2cccs2)c(=O)[nH]c1=O. The van der Waals surface area contributed by atoms with E-state index >= 15 is 0 Å². The number of nitrogens with two attached hydrogens (primary N) is 1. The highest BCUT2D eigenvalue weighted by Gasteiger charge is 2.23. The summed E-state index contributed by atoms with van der Waals surface area (Å²) >= 11 is 1.51. The van der Waals surface area contributed by atoms with Gasteiger partial charge in [0.25, 0.3) is 11.5 Å². The molecule has 0 bridgehead atoms. The first-order valence-electron chi connectivity index (χ1n) is 9.00. The van der Waals surface area contributed by atoms with Crippen LogP contribution in [0.25, 0.3) is 6.08 Å². The molecule has 27 heavy (non-hydrogen) atoms. The highest BCUT2D eigenvalue weighted by atomic mass is 32.1. The summed E-state index contributed by atoms with van der Waals surface area (Å²) in [6.45, 7) is 6.59. The molecular formula is C19H26N4O3S. The number of H-pyrrole nitrogens is 1. The molecule has 8 heteroatoms. The fourth-order valence-corrected chi connectivity index (χ4v) is 3.28. The summed E-state index contributed by atoms with van der Waals surface area (Å²) in [5.41, 5.74) is 4.98. The number of nitrogen functional groups attached to an aromatic ring is 1. The standard InChI is InChI=1S/C19H26N4O3S/c1-4-5-10-22-17(20)16(18(25)21-19(22)26)23(12-13(2)3)15(24)9-8-14-7-6-11-27-14/h6-9,11,13H,4-5,10,12,20H2,1-3H3,(H,21,25,26)/b9-8+. The average molecular weight is 391 g/mol. The molecule has 2 aromatic rings. The molecule has 0 saturated heterocycles. The van der Waals surface area contributed by atoms with Crippen molar-refractivity contribution in [3.8, 4) is 0 Å².